The molecule has 3 heteroatoms. The number of furan rings is 1. The Hall–Kier alpha value is -2.39. The molecule has 0 atom stereocenters. The second-order valence-corrected chi connectivity index (χ2v) is 5.69. The summed E-state index contributed by atoms with van der Waals surface area (Å²) in [6, 6.07) is 15.6. The fourth-order valence-electron chi connectivity index (χ4n) is 1.97. The molecule has 3 aromatic rings. The van der Waals surface area contributed by atoms with Crippen molar-refractivity contribution in [2.45, 2.75) is 6.92 Å². The van der Waals surface area contributed by atoms with Crippen LogP contribution in [0.25, 0.3) is 17.4 Å². The van der Waals surface area contributed by atoms with Gasteiger partial charge in [-0.3, -0.25) is 4.79 Å². The first-order valence-corrected chi connectivity index (χ1v) is 7.53. The van der Waals surface area contributed by atoms with Crippen molar-refractivity contribution in [2.75, 3.05) is 0 Å². The van der Waals surface area contributed by atoms with E-state index in [2.05, 4.69) is 6.92 Å². The highest BCUT2D eigenvalue weighted by Crippen LogP contribution is 2.23. The Kier molecular flexibility index (Phi) is 3.84. The molecule has 0 aliphatic heterocycles. The lowest BCUT2D eigenvalue weighted by Gasteiger charge is -1.97. The van der Waals surface area contributed by atoms with Gasteiger partial charge in [-0.1, -0.05) is 35.9 Å². The Morgan fingerprint density at radius 2 is 1.90 bits per heavy atom. The molecule has 0 bridgehead atoms. The van der Waals surface area contributed by atoms with Crippen LogP contribution in [0.5, 0.6) is 0 Å². The fraction of sp³-hybridized carbons (Fsp3) is 0.0556. The van der Waals surface area contributed by atoms with Crippen LogP contribution in [0.4, 0.5) is 0 Å². The minimum atomic E-state index is -0.00159. The molecule has 21 heavy (non-hydrogen) atoms. The van der Waals surface area contributed by atoms with Gasteiger partial charge in [-0.2, -0.15) is 0 Å². The number of aryl methyl sites for hydroxylation is 1. The van der Waals surface area contributed by atoms with Gasteiger partial charge >= 0.3 is 0 Å². The zero-order valence-corrected chi connectivity index (χ0v) is 12.4. The molecule has 0 fully saturated rings. The van der Waals surface area contributed by atoms with Gasteiger partial charge in [0.05, 0.1) is 4.88 Å². The first-order chi connectivity index (χ1) is 10.2. The molecule has 0 radical (unpaired) electrons. The summed E-state index contributed by atoms with van der Waals surface area (Å²) in [5.74, 6) is 1.48. The van der Waals surface area contributed by atoms with Gasteiger partial charge in [-0.05, 0) is 42.7 Å². The molecule has 2 aromatic heterocycles. The van der Waals surface area contributed by atoms with E-state index >= 15 is 0 Å². The molecule has 1 aromatic carbocycles. The van der Waals surface area contributed by atoms with Gasteiger partial charge in [0.25, 0.3) is 0 Å². The summed E-state index contributed by atoms with van der Waals surface area (Å²) in [5.41, 5.74) is 2.25. The Bertz CT molecular complexity index is 762. The van der Waals surface area contributed by atoms with Crippen molar-refractivity contribution in [1.82, 2.24) is 0 Å². The van der Waals surface area contributed by atoms with Crippen LogP contribution in [0.15, 0.2) is 64.4 Å². The van der Waals surface area contributed by atoms with Crippen LogP contribution < -0.4 is 0 Å². The van der Waals surface area contributed by atoms with Crippen molar-refractivity contribution in [3.8, 4) is 11.3 Å². The van der Waals surface area contributed by atoms with Crippen molar-refractivity contribution < 1.29 is 9.21 Å². The van der Waals surface area contributed by atoms with Crippen molar-refractivity contribution in [3.63, 3.8) is 0 Å². The summed E-state index contributed by atoms with van der Waals surface area (Å²) in [6.07, 6.45) is 3.25. The molecular formula is C18H14O2S. The summed E-state index contributed by atoms with van der Waals surface area (Å²) in [7, 11) is 0. The van der Waals surface area contributed by atoms with Crippen LogP contribution in [0.3, 0.4) is 0 Å². The molecule has 104 valence electrons. The monoisotopic (exact) mass is 294 g/mol. The Balaban J connectivity index is 1.76. The summed E-state index contributed by atoms with van der Waals surface area (Å²) in [6.45, 7) is 2.05. The van der Waals surface area contributed by atoms with Crippen LogP contribution in [0.2, 0.25) is 0 Å². The van der Waals surface area contributed by atoms with E-state index < -0.39 is 0 Å². The van der Waals surface area contributed by atoms with Crippen LogP contribution >= 0.6 is 11.3 Å². The van der Waals surface area contributed by atoms with Gasteiger partial charge in [0.15, 0.2) is 5.78 Å². The minimum absolute atomic E-state index is 0.00159. The lowest BCUT2D eigenvalue weighted by atomic mass is 10.1. The van der Waals surface area contributed by atoms with E-state index in [9.17, 15) is 4.79 Å². The van der Waals surface area contributed by atoms with E-state index in [0.717, 1.165) is 16.2 Å². The van der Waals surface area contributed by atoms with E-state index in [1.54, 1.807) is 12.2 Å². The number of hydrogen-bond donors (Lipinski definition) is 0. The third-order valence-corrected chi connectivity index (χ3v) is 4.01. The Labute approximate surface area is 127 Å². The van der Waals surface area contributed by atoms with Gasteiger partial charge < -0.3 is 4.42 Å². The summed E-state index contributed by atoms with van der Waals surface area (Å²) in [4.78, 5) is 12.6. The number of allylic oxidation sites excluding steroid dienone is 1. The summed E-state index contributed by atoms with van der Waals surface area (Å²) < 4.78 is 5.74. The molecule has 0 spiro atoms. The molecule has 0 unspecified atom stereocenters. The second-order valence-electron chi connectivity index (χ2n) is 4.74. The van der Waals surface area contributed by atoms with Gasteiger partial charge in [0, 0.05) is 5.56 Å². The van der Waals surface area contributed by atoms with E-state index in [0.29, 0.717) is 5.76 Å². The predicted molar refractivity (Wildman–Crippen MR) is 86.6 cm³/mol. The number of thiophene rings is 1. The number of rotatable bonds is 4. The molecule has 0 saturated carbocycles. The smallest absolute Gasteiger partial charge is 0.195 e. The van der Waals surface area contributed by atoms with E-state index in [1.165, 1.54) is 16.9 Å². The third-order valence-electron chi connectivity index (χ3n) is 3.13. The Morgan fingerprint density at radius 1 is 1.10 bits per heavy atom. The summed E-state index contributed by atoms with van der Waals surface area (Å²) in [5, 5.41) is 1.89. The first kappa shape index (κ1) is 13.6. The maximum absolute atomic E-state index is 11.9. The minimum Gasteiger partial charge on any atom is -0.457 e. The number of ketones is 1. The number of carbonyl (C=O) groups excluding carboxylic acids is 1. The molecule has 2 heterocycles. The Morgan fingerprint density at radius 3 is 2.62 bits per heavy atom. The zero-order valence-electron chi connectivity index (χ0n) is 11.6. The molecule has 0 saturated heterocycles. The van der Waals surface area contributed by atoms with E-state index in [1.807, 2.05) is 53.9 Å². The highest BCUT2D eigenvalue weighted by atomic mass is 32.1. The predicted octanol–water partition coefficient (Wildman–Crippen LogP) is 5.21. The maximum Gasteiger partial charge on any atom is 0.195 e. The zero-order chi connectivity index (χ0) is 14.7. The number of hydrogen-bond acceptors (Lipinski definition) is 3. The molecule has 0 N–H and O–H groups in total. The number of carbonyl (C=O) groups is 1. The van der Waals surface area contributed by atoms with E-state index in [4.69, 9.17) is 4.42 Å². The van der Waals surface area contributed by atoms with Gasteiger partial charge in [-0.15, -0.1) is 11.3 Å². The highest BCUT2D eigenvalue weighted by Gasteiger charge is 2.05. The molecule has 3 rings (SSSR count). The normalized spacial score (nSPS) is 11.1. The lowest BCUT2D eigenvalue weighted by molar-refractivity contribution is 0.105. The van der Waals surface area contributed by atoms with Crippen LogP contribution in [0, 0.1) is 6.92 Å². The SMILES string of the molecule is Cc1ccc(-c2ccc(C=CC(=O)c3cccs3)o2)cc1. The molecular weight excluding hydrogens is 280 g/mol. The molecule has 0 amide bonds. The third kappa shape index (κ3) is 3.20. The fourth-order valence-corrected chi connectivity index (χ4v) is 2.62. The standard InChI is InChI=1S/C18H14O2S/c1-13-4-6-14(7-5-13)17-11-9-15(20-17)8-10-16(19)18-3-2-12-21-18/h2-12H,1H3. The first-order valence-electron chi connectivity index (χ1n) is 6.65. The maximum atomic E-state index is 11.9. The molecule has 2 nitrogen and oxygen atoms in total. The quantitative estimate of drug-likeness (QED) is 0.488. The second kappa shape index (κ2) is 5.94. The molecule has 0 aliphatic carbocycles. The number of benzene rings is 1. The summed E-state index contributed by atoms with van der Waals surface area (Å²) >= 11 is 1.44. The van der Waals surface area contributed by atoms with Crippen molar-refractivity contribution in [2.24, 2.45) is 0 Å². The lowest BCUT2D eigenvalue weighted by Crippen LogP contribution is -1.87. The van der Waals surface area contributed by atoms with Gasteiger partial charge in [0.2, 0.25) is 0 Å². The van der Waals surface area contributed by atoms with Crippen molar-refractivity contribution >= 4 is 23.2 Å². The molecule has 0 aliphatic rings. The van der Waals surface area contributed by atoms with E-state index in [-0.39, 0.29) is 5.78 Å². The largest absolute Gasteiger partial charge is 0.457 e. The average molecular weight is 294 g/mol. The van der Waals surface area contributed by atoms with Crippen LogP contribution in [-0.4, -0.2) is 5.78 Å². The van der Waals surface area contributed by atoms with Gasteiger partial charge in [0.1, 0.15) is 11.5 Å². The van der Waals surface area contributed by atoms with Crippen LogP contribution in [0.1, 0.15) is 21.0 Å². The van der Waals surface area contributed by atoms with Gasteiger partial charge in [-0.25, -0.2) is 0 Å². The van der Waals surface area contributed by atoms with Crippen molar-refractivity contribution in [3.05, 3.63) is 76.2 Å². The van der Waals surface area contributed by atoms with Crippen molar-refractivity contribution in [1.29, 1.82) is 0 Å². The highest BCUT2D eigenvalue weighted by molar-refractivity contribution is 7.12. The van der Waals surface area contributed by atoms with Crippen LogP contribution in [-0.2, 0) is 0 Å². The average Bonchev–Trinajstić information content (AvgIpc) is 3.17. The topological polar surface area (TPSA) is 30.2 Å².